The minimum Gasteiger partial charge on any atom is -0.496 e. The van der Waals surface area contributed by atoms with E-state index in [4.69, 9.17) is 16.3 Å². The number of sulfonamides is 1. The lowest BCUT2D eigenvalue weighted by molar-refractivity contribution is 0.0935. The molecule has 34 heavy (non-hydrogen) atoms. The van der Waals surface area contributed by atoms with Crippen molar-refractivity contribution < 1.29 is 17.9 Å². The first-order chi connectivity index (χ1) is 16.1. The van der Waals surface area contributed by atoms with Crippen molar-refractivity contribution >= 4 is 33.2 Å². The summed E-state index contributed by atoms with van der Waals surface area (Å²) in [5.41, 5.74) is 3.58. The summed E-state index contributed by atoms with van der Waals surface area (Å²) in [5, 5.41) is 3.55. The van der Waals surface area contributed by atoms with Crippen molar-refractivity contribution in [2.75, 3.05) is 17.7 Å². The third kappa shape index (κ3) is 6.10. The van der Waals surface area contributed by atoms with Crippen LogP contribution in [0.2, 0.25) is 5.02 Å². The summed E-state index contributed by atoms with van der Waals surface area (Å²) >= 11 is 6.23. The lowest BCUT2D eigenvalue weighted by Gasteiger charge is -2.23. The van der Waals surface area contributed by atoms with Crippen molar-refractivity contribution in [1.82, 2.24) is 5.32 Å². The molecule has 0 fully saturated rings. The number of rotatable bonds is 9. The molecule has 0 spiro atoms. The molecule has 6 nitrogen and oxygen atoms in total. The second kappa shape index (κ2) is 10.9. The maximum Gasteiger partial charge on any atom is 0.251 e. The molecule has 0 heterocycles. The molecule has 1 amide bonds. The van der Waals surface area contributed by atoms with E-state index in [1.165, 1.54) is 4.31 Å². The van der Waals surface area contributed by atoms with Crippen molar-refractivity contribution in [1.29, 1.82) is 0 Å². The number of anilines is 1. The molecule has 0 bridgehead atoms. The molecule has 3 aromatic carbocycles. The first kappa shape index (κ1) is 25.6. The fraction of sp³-hybridized carbons (Fsp3) is 0.269. The fourth-order valence-corrected chi connectivity index (χ4v) is 4.82. The molecule has 0 saturated carbocycles. The monoisotopic (exact) mass is 500 g/mol. The van der Waals surface area contributed by atoms with Crippen LogP contribution in [-0.2, 0) is 16.6 Å². The van der Waals surface area contributed by atoms with Gasteiger partial charge >= 0.3 is 0 Å². The van der Waals surface area contributed by atoms with Crippen LogP contribution in [0.3, 0.4) is 0 Å². The minimum absolute atomic E-state index is 0.0960. The van der Waals surface area contributed by atoms with Gasteiger partial charge in [-0.05, 0) is 66.4 Å². The summed E-state index contributed by atoms with van der Waals surface area (Å²) in [6.07, 6.45) is 1.86. The average Bonchev–Trinajstić information content (AvgIpc) is 2.81. The van der Waals surface area contributed by atoms with Crippen LogP contribution in [0.5, 0.6) is 5.75 Å². The van der Waals surface area contributed by atoms with Gasteiger partial charge in [-0.15, -0.1) is 0 Å². The highest BCUT2D eigenvalue weighted by molar-refractivity contribution is 7.92. The molecular formula is C26H29ClN2O4S. The minimum atomic E-state index is -3.57. The van der Waals surface area contributed by atoms with E-state index in [9.17, 15) is 13.2 Å². The number of methoxy groups -OCH3 is 1. The largest absolute Gasteiger partial charge is 0.496 e. The van der Waals surface area contributed by atoms with Gasteiger partial charge in [0, 0.05) is 10.6 Å². The highest BCUT2D eigenvalue weighted by Gasteiger charge is 2.20. The normalized spacial score (nSPS) is 12.1. The Balaban J connectivity index is 1.79. The van der Waals surface area contributed by atoms with Gasteiger partial charge < -0.3 is 10.1 Å². The SMILES string of the molecule is CC[C@@H](NC(=O)c1ccc(N(Cc2ccccc2Cl)S(C)(=O)=O)cc1)c1ccc(OC)c(C)c1. The van der Waals surface area contributed by atoms with Crippen LogP contribution in [0, 0.1) is 6.92 Å². The Morgan fingerprint density at radius 1 is 1.09 bits per heavy atom. The van der Waals surface area contributed by atoms with E-state index in [0.717, 1.165) is 29.6 Å². The molecule has 3 aromatic rings. The zero-order chi connectivity index (χ0) is 24.9. The maximum absolute atomic E-state index is 12.9. The molecule has 1 atom stereocenters. The molecule has 0 unspecified atom stereocenters. The van der Waals surface area contributed by atoms with Gasteiger partial charge in [-0.1, -0.05) is 48.9 Å². The number of aryl methyl sites for hydroxylation is 1. The van der Waals surface area contributed by atoms with Crippen molar-refractivity contribution in [3.05, 3.63) is 94.0 Å². The van der Waals surface area contributed by atoms with Gasteiger partial charge in [0.25, 0.3) is 5.91 Å². The van der Waals surface area contributed by atoms with Crippen LogP contribution in [0.15, 0.2) is 66.7 Å². The number of hydrogen-bond acceptors (Lipinski definition) is 4. The summed E-state index contributed by atoms with van der Waals surface area (Å²) in [6.45, 7) is 4.07. The van der Waals surface area contributed by atoms with E-state index in [2.05, 4.69) is 5.32 Å². The van der Waals surface area contributed by atoms with E-state index in [1.807, 2.05) is 38.1 Å². The lowest BCUT2D eigenvalue weighted by atomic mass is 10.0. The topological polar surface area (TPSA) is 75.7 Å². The van der Waals surface area contributed by atoms with Gasteiger partial charge in [-0.2, -0.15) is 0 Å². The Hall–Kier alpha value is -3.03. The quantitative estimate of drug-likeness (QED) is 0.420. The molecule has 8 heteroatoms. The summed E-state index contributed by atoms with van der Waals surface area (Å²) in [7, 11) is -1.94. The summed E-state index contributed by atoms with van der Waals surface area (Å²) in [5.74, 6) is 0.566. The molecular weight excluding hydrogens is 472 g/mol. The molecule has 1 N–H and O–H groups in total. The number of benzene rings is 3. The standard InChI is InChI=1S/C26H29ClN2O4S/c1-5-24(20-12-15-25(33-3)18(2)16-20)28-26(30)19-10-13-22(14-11-19)29(34(4,31)32)17-21-8-6-7-9-23(21)27/h6-16,24H,5,17H2,1-4H3,(H,28,30)/t24-/m1/s1. The van der Waals surface area contributed by atoms with E-state index in [0.29, 0.717) is 21.8 Å². The number of carbonyl (C=O) groups is 1. The Bertz CT molecular complexity index is 1260. The highest BCUT2D eigenvalue weighted by atomic mass is 35.5. The Labute approximate surface area is 206 Å². The van der Waals surface area contributed by atoms with Gasteiger partial charge in [0.15, 0.2) is 0 Å². The smallest absolute Gasteiger partial charge is 0.251 e. The lowest BCUT2D eigenvalue weighted by Crippen LogP contribution is -2.30. The van der Waals surface area contributed by atoms with Crippen LogP contribution in [-0.4, -0.2) is 27.7 Å². The zero-order valence-electron chi connectivity index (χ0n) is 19.7. The first-order valence-corrected chi connectivity index (χ1v) is 13.1. The Morgan fingerprint density at radius 3 is 2.32 bits per heavy atom. The number of halogens is 1. The molecule has 3 rings (SSSR count). The van der Waals surface area contributed by atoms with Crippen molar-refractivity contribution in [2.45, 2.75) is 32.9 Å². The van der Waals surface area contributed by atoms with Gasteiger partial charge in [-0.25, -0.2) is 8.42 Å². The molecule has 0 aromatic heterocycles. The molecule has 0 saturated heterocycles. The van der Waals surface area contributed by atoms with Crippen molar-refractivity contribution in [2.24, 2.45) is 0 Å². The average molecular weight is 501 g/mol. The van der Waals surface area contributed by atoms with E-state index in [1.54, 1.807) is 49.6 Å². The van der Waals surface area contributed by atoms with Crippen LogP contribution in [0.1, 0.15) is 46.4 Å². The number of carbonyl (C=O) groups excluding carboxylic acids is 1. The molecule has 0 radical (unpaired) electrons. The van der Waals surface area contributed by atoms with Crippen LogP contribution < -0.4 is 14.4 Å². The number of ether oxygens (including phenoxy) is 1. The highest BCUT2D eigenvalue weighted by Crippen LogP contribution is 2.26. The fourth-order valence-electron chi connectivity index (χ4n) is 3.74. The third-order valence-corrected chi connectivity index (χ3v) is 7.13. The first-order valence-electron chi connectivity index (χ1n) is 10.9. The summed E-state index contributed by atoms with van der Waals surface area (Å²) in [6, 6.07) is 19.3. The van der Waals surface area contributed by atoms with E-state index >= 15 is 0 Å². The van der Waals surface area contributed by atoms with Gasteiger partial charge in [-0.3, -0.25) is 9.10 Å². The van der Waals surface area contributed by atoms with Gasteiger partial charge in [0.05, 0.1) is 31.6 Å². The Morgan fingerprint density at radius 2 is 1.76 bits per heavy atom. The second-order valence-corrected chi connectivity index (χ2v) is 10.4. The maximum atomic E-state index is 12.9. The van der Waals surface area contributed by atoms with Crippen LogP contribution in [0.4, 0.5) is 5.69 Å². The molecule has 0 aliphatic rings. The van der Waals surface area contributed by atoms with Gasteiger partial charge in [0.2, 0.25) is 10.0 Å². The van der Waals surface area contributed by atoms with Crippen LogP contribution in [0.25, 0.3) is 0 Å². The predicted octanol–water partition coefficient (Wildman–Crippen LogP) is 5.50. The number of amides is 1. The van der Waals surface area contributed by atoms with Crippen LogP contribution >= 0.6 is 11.6 Å². The number of nitrogens with one attached hydrogen (secondary N) is 1. The third-order valence-electron chi connectivity index (χ3n) is 5.62. The number of hydrogen-bond donors (Lipinski definition) is 1. The van der Waals surface area contributed by atoms with E-state index < -0.39 is 10.0 Å². The Kier molecular flexibility index (Phi) is 8.23. The van der Waals surface area contributed by atoms with E-state index in [-0.39, 0.29) is 18.5 Å². The van der Waals surface area contributed by atoms with Crippen molar-refractivity contribution in [3.63, 3.8) is 0 Å². The summed E-state index contributed by atoms with van der Waals surface area (Å²) in [4.78, 5) is 12.9. The molecule has 0 aliphatic heterocycles. The number of nitrogens with zero attached hydrogens (tertiary/aromatic N) is 1. The van der Waals surface area contributed by atoms with Gasteiger partial charge in [0.1, 0.15) is 5.75 Å². The summed E-state index contributed by atoms with van der Waals surface area (Å²) < 4.78 is 31.5. The zero-order valence-corrected chi connectivity index (χ0v) is 21.3. The molecule has 180 valence electrons. The second-order valence-electron chi connectivity index (χ2n) is 8.07. The predicted molar refractivity (Wildman–Crippen MR) is 137 cm³/mol. The van der Waals surface area contributed by atoms with Crippen molar-refractivity contribution in [3.8, 4) is 5.75 Å². The molecule has 0 aliphatic carbocycles.